The molecule has 8 nitrogen and oxygen atoms in total. The molecular formula is C20H23N7O. The lowest BCUT2D eigenvalue weighted by Crippen LogP contribution is -2.44. The van der Waals surface area contributed by atoms with Crippen molar-refractivity contribution in [2.45, 2.75) is 45.2 Å². The molecule has 3 aromatic heterocycles. The maximum atomic E-state index is 12.9. The summed E-state index contributed by atoms with van der Waals surface area (Å²) in [5.41, 5.74) is 3.11. The van der Waals surface area contributed by atoms with Crippen LogP contribution in [0.5, 0.6) is 0 Å². The summed E-state index contributed by atoms with van der Waals surface area (Å²) in [5.74, 6) is 0.649. The minimum atomic E-state index is -0.222. The number of carbonyl (C=O) groups excluding carboxylic acids is 1. The molecule has 0 unspecified atom stereocenters. The molecule has 1 aliphatic rings. The van der Waals surface area contributed by atoms with Gasteiger partial charge < -0.3 is 10.6 Å². The predicted molar refractivity (Wildman–Crippen MR) is 105 cm³/mol. The van der Waals surface area contributed by atoms with Crippen LogP contribution in [0, 0.1) is 13.8 Å². The molecule has 144 valence electrons. The summed E-state index contributed by atoms with van der Waals surface area (Å²) in [7, 11) is 0. The van der Waals surface area contributed by atoms with Gasteiger partial charge >= 0.3 is 0 Å². The highest BCUT2D eigenvalue weighted by Gasteiger charge is 2.30. The molecule has 1 fully saturated rings. The molecule has 1 aliphatic carbocycles. The summed E-state index contributed by atoms with van der Waals surface area (Å²) in [6.07, 6.45) is 9.54. The van der Waals surface area contributed by atoms with Crippen LogP contribution in [0.15, 0.2) is 43.0 Å². The SMILES string of the molecule is Cc1cnc(N[C@H]2CCC[C@@H]2NC(=O)c2ncccc2-n2nccn2)c(C)c1. The smallest absolute Gasteiger partial charge is 0.272 e. The first-order chi connectivity index (χ1) is 13.6. The summed E-state index contributed by atoms with van der Waals surface area (Å²) in [5, 5.41) is 14.9. The molecule has 0 spiro atoms. The van der Waals surface area contributed by atoms with Crippen LogP contribution in [-0.4, -0.2) is 43.0 Å². The zero-order chi connectivity index (χ0) is 19.5. The van der Waals surface area contributed by atoms with Gasteiger partial charge in [-0.05, 0) is 56.4 Å². The Kier molecular flexibility index (Phi) is 5.01. The molecule has 0 aromatic carbocycles. The number of amides is 1. The molecule has 0 saturated heterocycles. The van der Waals surface area contributed by atoms with Crippen LogP contribution in [0.25, 0.3) is 5.69 Å². The first kappa shape index (κ1) is 18.1. The van der Waals surface area contributed by atoms with Gasteiger partial charge in [0.1, 0.15) is 11.5 Å². The van der Waals surface area contributed by atoms with Crippen LogP contribution >= 0.6 is 0 Å². The van der Waals surface area contributed by atoms with E-state index in [0.29, 0.717) is 11.4 Å². The average Bonchev–Trinajstić information content (AvgIpc) is 3.36. The van der Waals surface area contributed by atoms with Crippen LogP contribution in [-0.2, 0) is 0 Å². The molecule has 1 amide bonds. The van der Waals surface area contributed by atoms with E-state index in [9.17, 15) is 4.79 Å². The van der Waals surface area contributed by atoms with Crippen molar-refractivity contribution >= 4 is 11.7 Å². The second kappa shape index (κ2) is 7.75. The third-order valence-electron chi connectivity index (χ3n) is 5.01. The Morgan fingerprint density at radius 1 is 1.11 bits per heavy atom. The highest BCUT2D eigenvalue weighted by molar-refractivity contribution is 5.95. The zero-order valence-electron chi connectivity index (χ0n) is 16.0. The fraction of sp³-hybridized carbons (Fsp3) is 0.350. The van der Waals surface area contributed by atoms with Gasteiger partial charge in [0.2, 0.25) is 0 Å². The average molecular weight is 377 g/mol. The van der Waals surface area contributed by atoms with Crippen molar-refractivity contribution in [3.63, 3.8) is 0 Å². The number of carbonyl (C=O) groups is 1. The number of pyridine rings is 2. The maximum absolute atomic E-state index is 12.9. The van der Waals surface area contributed by atoms with Gasteiger partial charge in [0.25, 0.3) is 5.91 Å². The van der Waals surface area contributed by atoms with Crippen molar-refractivity contribution < 1.29 is 4.79 Å². The number of aromatic nitrogens is 5. The van der Waals surface area contributed by atoms with Gasteiger partial charge in [0, 0.05) is 24.5 Å². The molecule has 1 saturated carbocycles. The fourth-order valence-electron chi connectivity index (χ4n) is 3.66. The normalized spacial score (nSPS) is 18.8. The number of hydrogen-bond donors (Lipinski definition) is 2. The Bertz CT molecular complexity index is 970. The Hall–Kier alpha value is -3.29. The number of rotatable bonds is 5. The molecule has 4 rings (SSSR count). The number of nitrogens with zero attached hydrogens (tertiary/aromatic N) is 5. The molecule has 3 heterocycles. The van der Waals surface area contributed by atoms with E-state index in [1.54, 1.807) is 30.7 Å². The Morgan fingerprint density at radius 3 is 2.68 bits per heavy atom. The number of anilines is 1. The van der Waals surface area contributed by atoms with E-state index in [2.05, 4.69) is 36.9 Å². The Labute approximate surface area is 163 Å². The second-order valence-corrected chi connectivity index (χ2v) is 7.13. The standard InChI is InChI=1S/C20H23N7O/c1-13-11-14(2)19(22-12-13)25-15-5-3-6-16(15)26-20(28)18-17(7-4-8-21-18)27-23-9-10-24-27/h4,7-12,15-16H,3,5-6H2,1-2H3,(H,22,25)(H,26,28)/t15-,16-/m0/s1. The van der Waals surface area contributed by atoms with Gasteiger partial charge in [-0.1, -0.05) is 6.07 Å². The van der Waals surface area contributed by atoms with Crippen molar-refractivity contribution in [1.29, 1.82) is 0 Å². The van der Waals surface area contributed by atoms with Crippen molar-refractivity contribution in [2.24, 2.45) is 0 Å². The fourth-order valence-corrected chi connectivity index (χ4v) is 3.66. The lowest BCUT2D eigenvalue weighted by atomic mass is 10.1. The van der Waals surface area contributed by atoms with E-state index in [-0.39, 0.29) is 18.0 Å². The van der Waals surface area contributed by atoms with E-state index >= 15 is 0 Å². The second-order valence-electron chi connectivity index (χ2n) is 7.13. The van der Waals surface area contributed by atoms with Gasteiger partial charge in [-0.15, -0.1) is 4.80 Å². The minimum Gasteiger partial charge on any atom is -0.365 e. The summed E-state index contributed by atoms with van der Waals surface area (Å²) in [6.45, 7) is 4.07. The highest BCUT2D eigenvalue weighted by Crippen LogP contribution is 2.24. The van der Waals surface area contributed by atoms with Crippen molar-refractivity contribution in [2.75, 3.05) is 5.32 Å². The topological polar surface area (TPSA) is 97.6 Å². The first-order valence-corrected chi connectivity index (χ1v) is 9.44. The number of hydrogen-bond acceptors (Lipinski definition) is 6. The molecule has 0 bridgehead atoms. The Balaban J connectivity index is 1.50. The van der Waals surface area contributed by atoms with E-state index in [1.165, 1.54) is 4.80 Å². The van der Waals surface area contributed by atoms with Crippen LogP contribution < -0.4 is 10.6 Å². The Morgan fingerprint density at radius 2 is 1.89 bits per heavy atom. The van der Waals surface area contributed by atoms with Crippen LogP contribution in [0.1, 0.15) is 40.9 Å². The third kappa shape index (κ3) is 3.71. The van der Waals surface area contributed by atoms with Crippen LogP contribution in [0.3, 0.4) is 0 Å². The van der Waals surface area contributed by atoms with E-state index in [1.807, 2.05) is 20.0 Å². The quantitative estimate of drug-likeness (QED) is 0.709. The predicted octanol–water partition coefficient (Wildman–Crippen LogP) is 2.44. The van der Waals surface area contributed by atoms with Gasteiger partial charge in [0.15, 0.2) is 5.69 Å². The van der Waals surface area contributed by atoms with Crippen molar-refractivity contribution in [1.82, 2.24) is 30.3 Å². The summed E-state index contributed by atoms with van der Waals surface area (Å²) in [6, 6.07) is 5.80. The first-order valence-electron chi connectivity index (χ1n) is 9.44. The largest absolute Gasteiger partial charge is 0.365 e. The van der Waals surface area contributed by atoms with Crippen LogP contribution in [0.2, 0.25) is 0 Å². The van der Waals surface area contributed by atoms with Gasteiger partial charge in [-0.25, -0.2) is 9.97 Å². The minimum absolute atomic E-state index is 0.00967. The summed E-state index contributed by atoms with van der Waals surface area (Å²) in [4.78, 5) is 23.1. The van der Waals surface area contributed by atoms with Gasteiger partial charge in [-0.3, -0.25) is 4.79 Å². The van der Waals surface area contributed by atoms with E-state index < -0.39 is 0 Å². The molecule has 2 atom stereocenters. The molecule has 8 heteroatoms. The molecule has 2 N–H and O–H groups in total. The highest BCUT2D eigenvalue weighted by atomic mass is 16.2. The lowest BCUT2D eigenvalue weighted by Gasteiger charge is -2.23. The summed E-state index contributed by atoms with van der Waals surface area (Å²) < 4.78 is 0. The van der Waals surface area contributed by atoms with Gasteiger partial charge in [-0.2, -0.15) is 10.2 Å². The molecule has 3 aromatic rings. The van der Waals surface area contributed by atoms with Crippen LogP contribution in [0.4, 0.5) is 5.82 Å². The number of aryl methyl sites for hydroxylation is 2. The molecule has 0 aliphatic heterocycles. The molecular weight excluding hydrogens is 354 g/mol. The van der Waals surface area contributed by atoms with Crippen molar-refractivity contribution in [3.8, 4) is 5.69 Å². The monoisotopic (exact) mass is 377 g/mol. The van der Waals surface area contributed by atoms with E-state index in [0.717, 1.165) is 36.2 Å². The molecule has 28 heavy (non-hydrogen) atoms. The third-order valence-corrected chi connectivity index (χ3v) is 5.01. The summed E-state index contributed by atoms with van der Waals surface area (Å²) >= 11 is 0. The zero-order valence-corrected chi connectivity index (χ0v) is 16.0. The van der Waals surface area contributed by atoms with Gasteiger partial charge in [0.05, 0.1) is 12.4 Å². The molecule has 0 radical (unpaired) electrons. The van der Waals surface area contributed by atoms with E-state index in [4.69, 9.17) is 0 Å². The maximum Gasteiger partial charge on any atom is 0.272 e. The van der Waals surface area contributed by atoms with Crippen molar-refractivity contribution in [3.05, 3.63) is 59.8 Å². The number of nitrogens with one attached hydrogen (secondary N) is 2. The lowest BCUT2D eigenvalue weighted by molar-refractivity contribution is 0.0930.